The summed E-state index contributed by atoms with van der Waals surface area (Å²) in [7, 11) is 0. The maximum absolute atomic E-state index is 11.3. The number of benzene rings is 1. The number of H-pyrrole nitrogens is 1. The summed E-state index contributed by atoms with van der Waals surface area (Å²) in [5.41, 5.74) is 1.91. The van der Waals surface area contributed by atoms with Gasteiger partial charge in [0.05, 0.1) is 5.41 Å². The van der Waals surface area contributed by atoms with E-state index in [2.05, 4.69) is 34.3 Å². The Hall–Kier alpha value is -1.81. The molecular weight excluding hydrogens is 252 g/mol. The van der Waals surface area contributed by atoms with Crippen molar-refractivity contribution < 1.29 is 9.90 Å². The summed E-state index contributed by atoms with van der Waals surface area (Å²) >= 11 is 0. The largest absolute Gasteiger partial charge is 0.481 e. The van der Waals surface area contributed by atoms with E-state index < -0.39 is 11.4 Å². The van der Waals surface area contributed by atoms with E-state index in [9.17, 15) is 9.90 Å². The van der Waals surface area contributed by atoms with E-state index in [-0.39, 0.29) is 0 Å². The Bertz CT molecular complexity index is 624. The first-order valence-electron chi connectivity index (χ1n) is 7.09. The number of aliphatic carboxylic acids is 1. The molecular formula is C16H20N2O2. The first-order chi connectivity index (χ1) is 9.58. The molecule has 1 aliphatic rings. The zero-order valence-corrected chi connectivity index (χ0v) is 11.7. The van der Waals surface area contributed by atoms with Crippen molar-refractivity contribution in [3.8, 4) is 0 Å². The number of hydrogen-bond acceptors (Lipinski definition) is 2. The van der Waals surface area contributed by atoms with Crippen LogP contribution >= 0.6 is 0 Å². The minimum Gasteiger partial charge on any atom is -0.481 e. The van der Waals surface area contributed by atoms with Crippen molar-refractivity contribution in [3.63, 3.8) is 0 Å². The normalized spacial score (nSPS) is 19.2. The van der Waals surface area contributed by atoms with Crippen LogP contribution in [0, 0.1) is 5.41 Å². The molecule has 0 aliphatic carbocycles. The van der Waals surface area contributed by atoms with E-state index in [1.54, 1.807) is 0 Å². The molecule has 0 atom stereocenters. The molecule has 0 unspecified atom stereocenters. The molecule has 0 saturated carbocycles. The predicted octanol–water partition coefficient (Wildman–Crippen LogP) is 2.85. The minimum absolute atomic E-state index is 0.545. The number of carboxylic acids is 1. The lowest BCUT2D eigenvalue weighted by Gasteiger charge is -2.36. The monoisotopic (exact) mass is 272 g/mol. The number of para-hydroxylation sites is 1. The number of carboxylic acid groups (broad SMARTS) is 1. The Labute approximate surface area is 118 Å². The zero-order valence-electron chi connectivity index (χ0n) is 11.7. The number of rotatable bonds is 3. The molecule has 1 fully saturated rings. The molecule has 0 amide bonds. The topological polar surface area (TPSA) is 56.3 Å². The van der Waals surface area contributed by atoms with Crippen LogP contribution in [0.5, 0.6) is 0 Å². The van der Waals surface area contributed by atoms with Gasteiger partial charge in [-0.1, -0.05) is 18.2 Å². The summed E-state index contributed by atoms with van der Waals surface area (Å²) in [5.74, 6) is -0.663. The summed E-state index contributed by atoms with van der Waals surface area (Å²) in [5, 5.41) is 10.5. The lowest BCUT2D eigenvalue weighted by Crippen LogP contribution is -2.42. The van der Waals surface area contributed by atoms with Crippen LogP contribution in [0.3, 0.4) is 0 Å². The molecule has 4 heteroatoms. The Kier molecular flexibility index (Phi) is 3.26. The fourth-order valence-electron chi connectivity index (χ4n) is 2.92. The molecule has 0 bridgehead atoms. The highest BCUT2D eigenvalue weighted by atomic mass is 16.4. The van der Waals surface area contributed by atoms with E-state index in [1.807, 2.05) is 13.0 Å². The Morgan fingerprint density at radius 3 is 2.75 bits per heavy atom. The van der Waals surface area contributed by atoms with Gasteiger partial charge in [0, 0.05) is 23.6 Å². The average molecular weight is 272 g/mol. The van der Waals surface area contributed by atoms with Gasteiger partial charge in [0.25, 0.3) is 0 Å². The molecule has 0 spiro atoms. The van der Waals surface area contributed by atoms with Crippen LogP contribution in [0.1, 0.15) is 25.3 Å². The van der Waals surface area contributed by atoms with Gasteiger partial charge in [-0.2, -0.15) is 0 Å². The van der Waals surface area contributed by atoms with Crippen LogP contribution in [0.2, 0.25) is 0 Å². The fourth-order valence-corrected chi connectivity index (χ4v) is 2.92. The lowest BCUT2D eigenvalue weighted by molar-refractivity contribution is -0.150. The molecule has 3 rings (SSSR count). The quantitative estimate of drug-likeness (QED) is 0.903. The third-order valence-electron chi connectivity index (χ3n) is 4.54. The van der Waals surface area contributed by atoms with Crippen LogP contribution in [0.4, 0.5) is 0 Å². The van der Waals surface area contributed by atoms with Gasteiger partial charge in [0.2, 0.25) is 0 Å². The van der Waals surface area contributed by atoms with E-state index in [4.69, 9.17) is 0 Å². The van der Waals surface area contributed by atoms with Crippen molar-refractivity contribution in [2.45, 2.75) is 26.3 Å². The molecule has 2 N–H and O–H groups in total. The number of aromatic amines is 1. The molecule has 106 valence electrons. The molecule has 20 heavy (non-hydrogen) atoms. The number of aromatic nitrogens is 1. The molecule has 2 aromatic rings. The molecule has 4 nitrogen and oxygen atoms in total. The van der Waals surface area contributed by atoms with Gasteiger partial charge < -0.3 is 10.1 Å². The summed E-state index contributed by atoms with van der Waals surface area (Å²) < 4.78 is 0. The molecule has 1 aliphatic heterocycles. The highest BCUT2D eigenvalue weighted by Gasteiger charge is 2.36. The van der Waals surface area contributed by atoms with Crippen molar-refractivity contribution in [2.24, 2.45) is 5.41 Å². The van der Waals surface area contributed by atoms with Gasteiger partial charge in [-0.15, -0.1) is 0 Å². The second kappa shape index (κ2) is 4.94. The maximum atomic E-state index is 11.3. The number of fused-ring (bicyclic) bond motifs is 1. The standard InChI is InChI=1S/C16H20N2O2/c1-16(15(19)20)6-8-18(9-7-16)11-12-10-17-14-5-3-2-4-13(12)14/h2-5,10,17H,6-9,11H2,1H3,(H,19,20). The van der Waals surface area contributed by atoms with E-state index >= 15 is 0 Å². The molecule has 1 aromatic heterocycles. The maximum Gasteiger partial charge on any atom is 0.309 e. The second-order valence-electron chi connectivity index (χ2n) is 6.00. The summed E-state index contributed by atoms with van der Waals surface area (Å²) in [6.45, 7) is 4.45. The molecule has 2 heterocycles. The van der Waals surface area contributed by atoms with Crippen LogP contribution < -0.4 is 0 Å². The van der Waals surface area contributed by atoms with Crippen molar-refractivity contribution in [3.05, 3.63) is 36.0 Å². The molecule has 0 radical (unpaired) electrons. The number of likely N-dealkylation sites (tertiary alicyclic amines) is 1. The highest BCUT2D eigenvalue weighted by Crippen LogP contribution is 2.32. The van der Waals surface area contributed by atoms with Crippen LogP contribution in [0.25, 0.3) is 10.9 Å². The first-order valence-corrected chi connectivity index (χ1v) is 7.09. The highest BCUT2D eigenvalue weighted by molar-refractivity contribution is 5.83. The van der Waals surface area contributed by atoms with Crippen molar-refractivity contribution in [1.82, 2.24) is 9.88 Å². The number of carbonyl (C=O) groups is 1. The third-order valence-corrected chi connectivity index (χ3v) is 4.54. The van der Waals surface area contributed by atoms with E-state index in [1.165, 1.54) is 10.9 Å². The SMILES string of the molecule is CC1(C(=O)O)CCN(Cc2c[nH]c3ccccc23)CC1. The predicted molar refractivity (Wildman–Crippen MR) is 78.6 cm³/mol. The van der Waals surface area contributed by atoms with E-state index in [0.717, 1.165) is 38.0 Å². The summed E-state index contributed by atoms with van der Waals surface area (Å²) in [6, 6.07) is 8.29. The fraction of sp³-hybridized carbons (Fsp3) is 0.438. The van der Waals surface area contributed by atoms with Gasteiger partial charge in [-0.3, -0.25) is 9.69 Å². The van der Waals surface area contributed by atoms with Crippen molar-refractivity contribution in [1.29, 1.82) is 0 Å². The number of nitrogens with zero attached hydrogens (tertiary/aromatic N) is 1. The average Bonchev–Trinajstić information content (AvgIpc) is 2.85. The summed E-state index contributed by atoms with van der Waals surface area (Å²) in [6.07, 6.45) is 3.52. The van der Waals surface area contributed by atoms with Gasteiger partial charge >= 0.3 is 5.97 Å². The van der Waals surface area contributed by atoms with E-state index in [0.29, 0.717) is 0 Å². The van der Waals surface area contributed by atoms with Crippen LogP contribution in [-0.4, -0.2) is 34.0 Å². The minimum atomic E-state index is -0.663. The molecule has 1 aromatic carbocycles. The molecule has 1 saturated heterocycles. The van der Waals surface area contributed by atoms with Crippen LogP contribution in [0.15, 0.2) is 30.5 Å². The number of hydrogen-bond donors (Lipinski definition) is 2. The van der Waals surface area contributed by atoms with Crippen molar-refractivity contribution >= 4 is 16.9 Å². The van der Waals surface area contributed by atoms with Gasteiger partial charge in [0.1, 0.15) is 0 Å². The second-order valence-corrected chi connectivity index (χ2v) is 6.00. The summed E-state index contributed by atoms with van der Waals surface area (Å²) in [4.78, 5) is 16.9. The lowest BCUT2D eigenvalue weighted by atomic mass is 9.80. The Morgan fingerprint density at radius 2 is 2.05 bits per heavy atom. The number of nitrogens with one attached hydrogen (secondary N) is 1. The smallest absolute Gasteiger partial charge is 0.309 e. The number of piperidine rings is 1. The Morgan fingerprint density at radius 1 is 1.35 bits per heavy atom. The first kappa shape index (κ1) is 13.2. The van der Waals surface area contributed by atoms with Crippen molar-refractivity contribution in [2.75, 3.05) is 13.1 Å². The Balaban J connectivity index is 1.70. The van der Waals surface area contributed by atoms with Gasteiger partial charge in [0.15, 0.2) is 0 Å². The zero-order chi connectivity index (χ0) is 14.2. The third kappa shape index (κ3) is 2.31. The van der Waals surface area contributed by atoms with Gasteiger partial charge in [-0.25, -0.2) is 0 Å². The van der Waals surface area contributed by atoms with Gasteiger partial charge in [-0.05, 0) is 44.5 Å². The van der Waals surface area contributed by atoms with Crippen LogP contribution in [-0.2, 0) is 11.3 Å².